The molecule has 7 heteroatoms. The molecule has 3 aromatic rings. The molecule has 0 saturated carbocycles. The standard InChI is InChI=1S/C25H25N3O4/c1-16-7-8-17(2)20(13-16)23(30)21-22(18-5-3-6-19(29)14-18)28(25(32)24(21)31)11-4-10-27-12-9-26-15-27/h3,5-9,12-15,22,29-30H,4,10-11H2,1-2H3. The molecule has 32 heavy (non-hydrogen) atoms. The summed E-state index contributed by atoms with van der Waals surface area (Å²) in [5.74, 6) is -1.55. The number of benzene rings is 2. The van der Waals surface area contributed by atoms with Gasteiger partial charge in [-0.15, -0.1) is 0 Å². The van der Waals surface area contributed by atoms with E-state index in [4.69, 9.17) is 0 Å². The van der Waals surface area contributed by atoms with Crippen molar-refractivity contribution in [3.63, 3.8) is 0 Å². The van der Waals surface area contributed by atoms with E-state index >= 15 is 0 Å². The molecule has 2 N–H and O–H groups in total. The Labute approximate surface area is 186 Å². The maximum absolute atomic E-state index is 13.1. The Morgan fingerprint density at radius 1 is 1.09 bits per heavy atom. The van der Waals surface area contributed by atoms with Crippen LogP contribution in [0.25, 0.3) is 5.76 Å². The molecule has 1 aliphatic heterocycles. The maximum atomic E-state index is 13.1. The second-order valence-corrected chi connectivity index (χ2v) is 8.06. The van der Waals surface area contributed by atoms with Crippen molar-refractivity contribution >= 4 is 17.4 Å². The second-order valence-electron chi connectivity index (χ2n) is 8.06. The molecule has 2 aromatic carbocycles. The number of carbonyl (C=O) groups is 2. The van der Waals surface area contributed by atoms with Gasteiger partial charge in [0.05, 0.1) is 17.9 Å². The van der Waals surface area contributed by atoms with Crippen LogP contribution in [0.5, 0.6) is 5.75 Å². The lowest BCUT2D eigenvalue weighted by Gasteiger charge is -2.25. The van der Waals surface area contributed by atoms with Crippen molar-refractivity contribution in [1.29, 1.82) is 0 Å². The molecule has 0 aliphatic carbocycles. The Kier molecular flexibility index (Phi) is 5.81. The fourth-order valence-corrected chi connectivity index (χ4v) is 4.13. The Morgan fingerprint density at radius 3 is 2.62 bits per heavy atom. The molecule has 2 heterocycles. The molecule has 1 fully saturated rings. The van der Waals surface area contributed by atoms with Gasteiger partial charge in [-0.05, 0) is 49.6 Å². The van der Waals surface area contributed by atoms with Gasteiger partial charge in [-0.1, -0.05) is 29.8 Å². The number of Topliss-reactive ketones (excluding diaryl/α,β-unsaturated/α-hetero) is 1. The van der Waals surface area contributed by atoms with Crippen molar-refractivity contribution in [3.8, 4) is 5.75 Å². The highest BCUT2D eigenvalue weighted by Crippen LogP contribution is 2.40. The van der Waals surface area contributed by atoms with Crippen molar-refractivity contribution in [1.82, 2.24) is 14.5 Å². The van der Waals surface area contributed by atoms with E-state index in [0.717, 1.165) is 11.1 Å². The van der Waals surface area contributed by atoms with Crippen LogP contribution in [0.4, 0.5) is 0 Å². The van der Waals surface area contributed by atoms with Gasteiger partial charge in [0.15, 0.2) is 0 Å². The summed E-state index contributed by atoms with van der Waals surface area (Å²) in [6, 6.07) is 11.3. The number of imidazole rings is 1. The average molecular weight is 431 g/mol. The minimum atomic E-state index is -0.787. The number of hydrogen-bond donors (Lipinski definition) is 2. The fraction of sp³-hybridized carbons (Fsp3) is 0.240. The first-order valence-electron chi connectivity index (χ1n) is 10.5. The predicted molar refractivity (Wildman–Crippen MR) is 120 cm³/mol. The van der Waals surface area contributed by atoms with Gasteiger partial charge in [0, 0.05) is 31.0 Å². The molecule has 1 unspecified atom stereocenters. The summed E-state index contributed by atoms with van der Waals surface area (Å²) in [7, 11) is 0. The van der Waals surface area contributed by atoms with Gasteiger partial charge < -0.3 is 19.7 Å². The molecule has 1 atom stereocenters. The van der Waals surface area contributed by atoms with Gasteiger partial charge in [0.2, 0.25) is 0 Å². The third kappa shape index (κ3) is 4.01. The molecular weight excluding hydrogens is 406 g/mol. The lowest BCUT2D eigenvalue weighted by Crippen LogP contribution is -2.31. The summed E-state index contributed by atoms with van der Waals surface area (Å²) < 4.78 is 1.90. The lowest BCUT2D eigenvalue weighted by atomic mass is 9.93. The van der Waals surface area contributed by atoms with Crippen molar-refractivity contribution in [2.24, 2.45) is 0 Å². The molecular formula is C25H25N3O4. The molecule has 164 valence electrons. The first-order valence-corrected chi connectivity index (χ1v) is 10.5. The van der Waals surface area contributed by atoms with E-state index in [2.05, 4.69) is 4.98 Å². The van der Waals surface area contributed by atoms with Crippen molar-refractivity contribution < 1.29 is 19.8 Å². The highest BCUT2D eigenvalue weighted by atomic mass is 16.3. The number of phenols is 1. The number of ketones is 1. The molecule has 1 saturated heterocycles. The summed E-state index contributed by atoms with van der Waals surface area (Å²) in [5.41, 5.74) is 2.86. The summed E-state index contributed by atoms with van der Waals surface area (Å²) in [6.45, 7) is 4.69. The van der Waals surface area contributed by atoms with Crippen LogP contribution in [0, 0.1) is 13.8 Å². The number of rotatable bonds is 6. The fourth-order valence-electron chi connectivity index (χ4n) is 4.13. The second kappa shape index (κ2) is 8.70. The lowest BCUT2D eigenvalue weighted by molar-refractivity contribution is -0.139. The third-order valence-corrected chi connectivity index (χ3v) is 5.75. The zero-order valence-corrected chi connectivity index (χ0v) is 18.0. The predicted octanol–water partition coefficient (Wildman–Crippen LogP) is 3.72. The van der Waals surface area contributed by atoms with E-state index in [9.17, 15) is 19.8 Å². The number of carbonyl (C=O) groups excluding carboxylic acids is 2. The van der Waals surface area contributed by atoms with Gasteiger partial charge in [-0.25, -0.2) is 4.98 Å². The molecule has 1 aliphatic rings. The van der Waals surface area contributed by atoms with E-state index in [1.54, 1.807) is 30.7 Å². The van der Waals surface area contributed by atoms with Gasteiger partial charge in [-0.2, -0.15) is 0 Å². The Morgan fingerprint density at radius 2 is 1.91 bits per heavy atom. The van der Waals surface area contributed by atoms with Crippen LogP contribution in [0.1, 0.15) is 34.7 Å². The van der Waals surface area contributed by atoms with Gasteiger partial charge >= 0.3 is 0 Å². The number of aromatic hydroxyl groups is 1. The van der Waals surface area contributed by atoms with Gasteiger partial charge in [0.25, 0.3) is 11.7 Å². The summed E-state index contributed by atoms with van der Waals surface area (Å²) >= 11 is 0. The third-order valence-electron chi connectivity index (χ3n) is 5.75. The Balaban J connectivity index is 1.78. The molecule has 0 spiro atoms. The zero-order chi connectivity index (χ0) is 22.8. The monoisotopic (exact) mass is 431 g/mol. The highest BCUT2D eigenvalue weighted by molar-refractivity contribution is 6.46. The Bertz CT molecular complexity index is 1200. The number of aryl methyl sites for hydroxylation is 3. The number of phenolic OH excluding ortho intramolecular Hbond substituents is 1. The van der Waals surface area contributed by atoms with E-state index in [1.165, 1.54) is 17.0 Å². The van der Waals surface area contributed by atoms with Crippen molar-refractivity contribution in [2.45, 2.75) is 32.9 Å². The van der Waals surface area contributed by atoms with Gasteiger partial charge in [0.1, 0.15) is 11.5 Å². The van der Waals surface area contributed by atoms with Crippen molar-refractivity contribution in [3.05, 3.63) is 89.0 Å². The summed E-state index contributed by atoms with van der Waals surface area (Å²) in [5, 5.41) is 21.3. The number of amides is 1. The van der Waals surface area contributed by atoms with Gasteiger partial charge in [-0.3, -0.25) is 9.59 Å². The topological polar surface area (TPSA) is 95.7 Å². The number of hydrogen-bond acceptors (Lipinski definition) is 5. The number of aliphatic hydroxyl groups is 1. The number of nitrogens with zero attached hydrogens (tertiary/aromatic N) is 3. The largest absolute Gasteiger partial charge is 0.508 e. The van der Waals surface area contributed by atoms with Crippen molar-refractivity contribution in [2.75, 3.05) is 6.54 Å². The van der Waals surface area contributed by atoms with Crippen LogP contribution in [0.3, 0.4) is 0 Å². The minimum Gasteiger partial charge on any atom is -0.508 e. The first kappa shape index (κ1) is 21.4. The van der Waals surface area contributed by atoms with E-state index < -0.39 is 17.7 Å². The molecule has 1 amide bonds. The molecule has 0 radical (unpaired) electrons. The maximum Gasteiger partial charge on any atom is 0.295 e. The summed E-state index contributed by atoms with van der Waals surface area (Å²) in [4.78, 5) is 31.6. The van der Waals surface area contributed by atoms with E-state index in [0.29, 0.717) is 30.6 Å². The number of aliphatic hydroxyl groups excluding tert-OH is 1. The first-order chi connectivity index (χ1) is 15.4. The number of aromatic nitrogens is 2. The molecule has 7 nitrogen and oxygen atoms in total. The van der Waals surface area contributed by atoms with Crippen LogP contribution >= 0.6 is 0 Å². The van der Waals surface area contributed by atoms with E-state index in [-0.39, 0.29) is 17.1 Å². The van der Waals surface area contributed by atoms with E-state index in [1.807, 2.05) is 36.7 Å². The quantitative estimate of drug-likeness (QED) is 0.352. The zero-order valence-electron chi connectivity index (χ0n) is 18.0. The minimum absolute atomic E-state index is 0.0261. The molecule has 4 rings (SSSR count). The normalized spacial score (nSPS) is 17.8. The molecule has 0 bridgehead atoms. The van der Waals surface area contributed by atoms with Crippen LogP contribution < -0.4 is 0 Å². The van der Waals surface area contributed by atoms with Crippen LogP contribution in [-0.4, -0.2) is 42.9 Å². The molecule has 1 aromatic heterocycles. The smallest absolute Gasteiger partial charge is 0.295 e. The van der Waals surface area contributed by atoms with Crippen LogP contribution in [0.2, 0.25) is 0 Å². The summed E-state index contributed by atoms with van der Waals surface area (Å²) in [6.07, 6.45) is 5.81. The van der Waals surface area contributed by atoms with Crippen LogP contribution in [-0.2, 0) is 16.1 Å². The van der Waals surface area contributed by atoms with Crippen LogP contribution in [0.15, 0.2) is 66.8 Å². The Hall–Kier alpha value is -3.87. The number of likely N-dealkylation sites (tertiary alicyclic amines) is 1. The highest BCUT2D eigenvalue weighted by Gasteiger charge is 2.46. The SMILES string of the molecule is Cc1ccc(C)c(C(O)=C2C(=O)C(=O)N(CCCn3ccnc3)C2c2cccc(O)c2)c1. The average Bonchev–Trinajstić information content (AvgIpc) is 3.37.